The van der Waals surface area contributed by atoms with Crippen LogP contribution in [0.15, 0.2) is 35.1 Å². The summed E-state index contributed by atoms with van der Waals surface area (Å²) in [5.74, 6) is 0.561. The molecule has 0 fully saturated rings. The van der Waals surface area contributed by atoms with Crippen molar-refractivity contribution < 1.29 is 4.74 Å². The van der Waals surface area contributed by atoms with Crippen LogP contribution in [0.5, 0.6) is 0 Å². The predicted molar refractivity (Wildman–Crippen MR) is 75.0 cm³/mol. The van der Waals surface area contributed by atoms with Crippen molar-refractivity contribution in [3.05, 3.63) is 52.1 Å². The van der Waals surface area contributed by atoms with Crippen LogP contribution in [0.3, 0.4) is 0 Å². The summed E-state index contributed by atoms with van der Waals surface area (Å²) in [6, 6.07) is 9.60. The number of ether oxygens (including phenoxy) is 1. The maximum absolute atomic E-state index is 11.7. The molecular formula is C15H18N2O2. The molecule has 19 heavy (non-hydrogen) atoms. The van der Waals surface area contributed by atoms with Gasteiger partial charge in [0.15, 0.2) is 0 Å². The lowest BCUT2D eigenvalue weighted by atomic mass is 10.1. The van der Waals surface area contributed by atoms with E-state index >= 15 is 0 Å². The minimum atomic E-state index is -0.151. The van der Waals surface area contributed by atoms with Gasteiger partial charge in [-0.25, -0.2) is 4.98 Å². The number of hydrogen-bond acceptors (Lipinski definition) is 3. The molecule has 0 aliphatic heterocycles. The van der Waals surface area contributed by atoms with Gasteiger partial charge >= 0.3 is 0 Å². The molecule has 1 aromatic heterocycles. The van der Waals surface area contributed by atoms with Gasteiger partial charge in [0.05, 0.1) is 5.69 Å². The Morgan fingerprint density at radius 1 is 1.26 bits per heavy atom. The second-order valence-electron chi connectivity index (χ2n) is 4.27. The lowest BCUT2D eigenvalue weighted by Crippen LogP contribution is -2.12. The van der Waals surface area contributed by atoms with Crippen LogP contribution in [0.4, 0.5) is 0 Å². The molecule has 100 valence electrons. The summed E-state index contributed by atoms with van der Waals surface area (Å²) in [6.07, 6.45) is 0.961. The summed E-state index contributed by atoms with van der Waals surface area (Å²) in [4.78, 5) is 18.8. The first-order valence-electron chi connectivity index (χ1n) is 6.50. The predicted octanol–water partition coefficient (Wildman–Crippen LogP) is 2.54. The van der Waals surface area contributed by atoms with Crippen molar-refractivity contribution in [1.82, 2.24) is 9.97 Å². The van der Waals surface area contributed by atoms with Gasteiger partial charge < -0.3 is 9.72 Å². The van der Waals surface area contributed by atoms with Crippen LogP contribution >= 0.6 is 0 Å². The van der Waals surface area contributed by atoms with Crippen molar-refractivity contribution in [2.24, 2.45) is 0 Å². The normalized spacial score (nSPS) is 10.6. The number of benzene rings is 1. The van der Waals surface area contributed by atoms with Gasteiger partial charge in [-0.3, -0.25) is 4.79 Å². The van der Waals surface area contributed by atoms with Gasteiger partial charge in [0.1, 0.15) is 12.4 Å². The van der Waals surface area contributed by atoms with Crippen molar-refractivity contribution in [2.45, 2.75) is 26.9 Å². The Hall–Kier alpha value is -1.94. The maximum Gasteiger partial charge on any atom is 0.251 e. The van der Waals surface area contributed by atoms with Gasteiger partial charge in [0.25, 0.3) is 5.56 Å². The molecule has 2 rings (SSSR count). The Balaban J connectivity index is 2.37. The second kappa shape index (κ2) is 6.29. The third-order valence-corrected chi connectivity index (χ3v) is 2.86. The highest BCUT2D eigenvalue weighted by molar-refractivity contribution is 5.59. The zero-order chi connectivity index (χ0) is 13.7. The van der Waals surface area contributed by atoms with Crippen LogP contribution in [0.1, 0.15) is 25.2 Å². The largest absolute Gasteiger partial charge is 0.374 e. The smallest absolute Gasteiger partial charge is 0.251 e. The minimum absolute atomic E-state index is 0.151. The summed E-state index contributed by atoms with van der Waals surface area (Å²) in [6.45, 7) is 4.93. The number of aromatic nitrogens is 2. The van der Waals surface area contributed by atoms with E-state index in [0.29, 0.717) is 24.7 Å². The average molecular weight is 258 g/mol. The van der Waals surface area contributed by atoms with Crippen LogP contribution in [-0.2, 0) is 17.8 Å². The summed E-state index contributed by atoms with van der Waals surface area (Å²) >= 11 is 0. The van der Waals surface area contributed by atoms with Gasteiger partial charge in [-0.2, -0.15) is 0 Å². The van der Waals surface area contributed by atoms with Gasteiger partial charge in [-0.1, -0.05) is 25.1 Å². The van der Waals surface area contributed by atoms with Crippen molar-refractivity contribution in [3.8, 4) is 11.3 Å². The zero-order valence-corrected chi connectivity index (χ0v) is 11.3. The molecule has 4 nitrogen and oxygen atoms in total. The number of aryl methyl sites for hydroxylation is 1. The Kier molecular flexibility index (Phi) is 4.47. The molecule has 0 atom stereocenters. The Morgan fingerprint density at radius 3 is 2.84 bits per heavy atom. The summed E-state index contributed by atoms with van der Waals surface area (Å²) in [5, 5.41) is 0. The highest BCUT2D eigenvalue weighted by Gasteiger charge is 2.04. The van der Waals surface area contributed by atoms with E-state index in [4.69, 9.17) is 4.74 Å². The number of nitrogens with one attached hydrogen (secondary N) is 1. The highest BCUT2D eigenvalue weighted by Crippen LogP contribution is 2.17. The fourth-order valence-corrected chi connectivity index (χ4v) is 1.87. The van der Waals surface area contributed by atoms with E-state index < -0.39 is 0 Å². The van der Waals surface area contributed by atoms with Crippen molar-refractivity contribution >= 4 is 0 Å². The highest BCUT2D eigenvalue weighted by atomic mass is 16.5. The first-order valence-corrected chi connectivity index (χ1v) is 6.50. The molecule has 0 unspecified atom stereocenters. The van der Waals surface area contributed by atoms with E-state index in [1.165, 1.54) is 11.6 Å². The SMILES string of the molecule is CCOCc1nc(-c2cccc(CC)c2)cc(=O)[nH]1. The molecule has 0 bridgehead atoms. The third-order valence-electron chi connectivity index (χ3n) is 2.86. The molecule has 4 heteroatoms. The first kappa shape index (κ1) is 13.5. The van der Waals surface area contributed by atoms with Crippen LogP contribution in [0.2, 0.25) is 0 Å². The molecule has 0 saturated heterocycles. The van der Waals surface area contributed by atoms with Crippen LogP contribution in [-0.4, -0.2) is 16.6 Å². The van der Waals surface area contributed by atoms with Crippen LogP contribution in [0.25, 0.3) is 11.3 Å². The molecule has 2 aromatic rings. The molecule has 1 aromatic carbocycles. The Bertz CT molecular complexity index is 605. The molecule has 0 radical (unpaired) electrons. The lowest BCUT2D eigenvalue weighted by Gasteiger charge is -2.06. The molecule has 0 aliphatic carbocycles. The van der Waals surface area contributed by atoms with E-state index in [1.807, 2.05) is 19.1 Å². The molecule has 0 spiro atoms. The van der Waals surface area contributed by atoms with Crippen LogP contribution < -0.4 is 5.56 Å². The van der Waals surface area contributed by atoms with E-state index in [-0.39, 0.29) is 5.56 Å². The number of hydrogen-bond donors (Lipinski definition) is 1. The summed E-state index contributed by atoms with van der Waals surface area (Å²) in [7, 11) is 0. The summed E-state index contributed by atoms with van der Waals surface area (Å²) in [5.41, 5.74) is 2.73. The molecule has 1 heterocycles. The monoisotopic (exact) mass is 258 g/mol. The number of nitrogens with zero attached hydrogens (tertiary/aromatic N) is 1. The third kappa shape index (κ3) is 3.51. The molecule has 1 N–H and O–H groups in total. The van der Waals surface area contributed by atoms with Crippen LogP contribution in [0, 0.1) is 0 Å². The molecule has 0 aliphatic rings. The standard InChI is InChI=1S/C15H18N2O2/c1-3-11-6-5-7-12(8-11)13-9-15(18)17-14(16-13)10-19-4-2/h5-9H,3-4,10H2,1-2H3,(H,16,17,18). The maximum atomic E-state index is 11.7. The van der Waals surface area contributed by atoms with E-state index in [2.05, 4.69) is 29.0 Å². The van der Waals surface area contributed by atoms with Crippen molar-refractivity contribution in [3.63, 3.8) is 0 Å². The number of rotatable bonds is 5. The Morgan fingerprint density at radius 2 is 2.11 bits per heavy atom. The lowest BCUT2D eigenvalue weighted by molar-refractivity contribution is 0.128. The van der Waals surface area contributed by atoms with Gasteiger partial charge in [-0.15, -0.1) is 0 Å². The molecular weight excluding hydrogens is 240 g/mol. The fraction of sp³-hybridized carbons (Fsp3) is 0.333. The Labute approximate surface area is 112 Å². The van der Waals surface area contributed by atoms with E-state index in [9.17, 15) is 4.79 Å². The van der Waals surface area contributed by atoms with Gasteiger partial charge in [-0.05, 0) is 25.0 Å². The van der Waals surface area contributed by atoms with E-state index in [1.54, 1.807) is 0 Å². The van der Waals surface area contributed by atoms with Crippen molar-refractivity contribution in [1.29, 1.82) is 0 Å². The zero-order valence-electron chi connectivity index (χ0n) is 11.3. The van der Waals surface area contributed by atoms with Gasteiger partial charge in [0.2, 0.25) is 0 Å². The number of H-pyrrole nitrogens is 1. The van der Waals surface area contributed by atoms with Crippen molar-refractivity contribution in [2.75, 3.05) is 6.61 Å². The quantitative estimate of drug-likeness (QED) is 0.896. The average Bonchev–Trinajstić information content (AvgIpc) is 2.44. The van der Waals surface area contributed by atoms with E-state index in [0.717, 1.165) is 12.0 Å². The first-order chi connectivity index (χ1) is 9.22. The topological polar surface area (TPSA) is 55.0 Å². The molecule has 0 amide bonds. The minimum Gasteiger partial charge on any atom is -0.374 e. The second-order valence-corrected chi connectivity index (χ2v) is 4.27. The fourth-order valence-electron chi connectivity index (χ4n) is 1.87. The summed E-state index contributed by atoms with van der Waals surface area (Å²) < 4.78 is 5.28. The number of aromatic amines is 1. The van der Waals surface area contributed by atoms with Gasteiger partial charge in [0, 0.05) is 18.2 Å². The molecule has 0 saturated carbocycles.